The van der Waals surface area contributed by atoms with Gasteiger partial charge in [0, 0.05) is 25.6 Å². The quantitative estimate of drug-likeness (QED) is 0.792. The van der Waals surface area contributed by atoms with Crippen molar-refractivity contribution in [2.24, 2.45) is 11.7 Å². The fraction of sp³-hybridized carbons (Fsp3) is 0.588. The molecule has 0 aromatic heterocycles. The molecule has 0 heterocycles. The molecular weight excluding hydrogens is 299 g/mol. The van der Waals surface area contributed by atoms with Crippen LogP contribution >= 0.6 is 0 Å². The number of carbonyl (C=O) groups excluding carboxylic acids is 1. The molecule has 2 N–H and O–H groups in total. The largest absolute Gasteiger partial charge is 0.489 e. The van der Waals surface area contributed by atoms with Crippen molar-refractivity contribution in [3.8, 4) is 5.75 Å². The van der Waals surface area contributed by atoms with E-state index in [1.54, 1.807) is 30.2 Å². The Labute approximate surface area is 136 Å². The van der Waals surface area contributed by atoms with Crippen molar-refractivity contribution in [1.82, 2.24) is 4.90 Å². The lowest BCUT2D eigenvalue weighted by atomic mass is 10.1. The second kappa shape index (κ2) is 8.84. The van der Waals surface area contributed by atoms with Crippen LogP contribution in [0.5, 0.6) is 5.75 Å². The van der Waals surface area contributed by atoms with Gasteiger partial charge in [0.25, 0.3) is 0 Å². The van der Waals surface area contributed by atoms with E-state index in [-0.39, 0.29) is 30.2 Å². The SMILES string of the molecule is COCCN(CCOc1ccccc1F)C(=O)[C@H]1CC[C@@H](N)C1. The summed E-state index contributed by atoms with van der Waals surface area (Å²) in [4.78, 5) is 14.3. The number of rotatable bonds is 8. The molecule has 5 nitrogen and oxygen atoms in total. The fourth-order valence-corrected chi connectivity index (χ4v) is 2.86. The van der Waals surface area contributed by atoms with Gasteiger partial charge in [0.15, 0.2) is 11.6 Å². The average molecular weight is 324 g/mol. The van der Waals surface area contributed by atoms with Crippen LogP contribution in [0.25, 0.3) is 0 Å². The van der Waals surface area contributed by atoms with Gasteiger partial charge in [-0.25, -0.2) is 4.39 Å². The minimum atomic E-state index is -0.399. The van der Waals surface area contributed by atoms with E-state index in [0.717, 1.165) is 19.3 Å². The number of hydrogen-bond donors (Lipinski definition) is 1. The standard InChI is InChI=1S/C17H25FN2O3/c1-22-10-8-20(17(21)13-6-7-14(19)12-13)9-11-23-16-5-3-2-4-15(16)18/h2-5,13-14H,6-12,19H2,1H3/t13-,14+/m0/s1. The van der Waals surface area contributed by atoms with Crippen LogP contribution in [0.2, 0.25) is 0 Å². The Hall–Kier alpha value is -1.66. The van der Waals surface area contributed by atoms with Crippen molar-refractivity contribution in [2.75, 3.05) is 33.4 Å². The fourth-order valence-electron chi connectivity index (χ4n) is 2.86. The average Bonchev–Trinajstić information content (AvgIpc) is 2.98. The molecule has 2 atom stereocenters. The van der Waals surface area contributed by atoms with E-state index < -0.39 is 5.82 Å². The second-order valence-electron chi connectivity index (χ2n) is 5.87. The molecule has 1 aliphatic rings. The molecule has 6 heteroatoms. The summed E-state index contributed by atoms with van der Waals surface area (Å²) in [5.41, 5.74) is 5.89. The summed E-state index contributed by atoms with van der Waals surface area (Å²) >= 11 is 0. The number of nitrogens with zero attached hydrogens (tertiary/aromatic N) is 1. The van der Waals surface area contributed by atoms with Gasteiger partial charge in [0.1, 0.15) is 6.61 Å². The number of benzene rings is 1. The highest BCUT2D eigenvalue weighted by Crippen LogP contribution is 2.26. The normalized spacial score (nSPS) is 20.5. The summed E-state index contributed by atoms with van der Waals surface area (Å²) in [5, 5.41) is 0. The minimum Gasteiger partial charge on any atom is -0.489 e. The number of halogens is 1. The first kappa shape index (κ1) is 17.7. The van der Waals surface area contributed by atoms with E-state index in [1.165, 1.54) is 6.07 Å². The van der Waals surface area contributed by atoms with Crippen LogP contribution in [0.15, 0.2) is 24.3 Å². The molecule has 1 aromatic rings. The monoisotopic (exact) mass is 324 g/mol. The summed E-state index contributed by atoms with van der Waals surface area (Å²) in [7, 11) is 1.60. The van der Waals surface area contributed by atoms with Crippen LogP contribution < -0.4 is 10.5 Å². The van der Waals surface area contributed by atoms with Gasteiger partial charge in [0.2, 0.25) is 5.91 Å². The number of para-hydroxylation sites is 1. The topological polar surface area (TPSA) is 64.8 Å². The molecule has 0 unspecified atom stereocenters. The van der Waals surface area contributed by atoms with E-state index in [2.05, 4.69) is 0 Å². The Morgan fingerprint density at radius 1 is 1.30 bits per heavy atom. The lowest BCUT2D eigenvalue weighted by molar-refractivity contribution is -0.136. The maximum atomic E-state index is 13.5. The van der Waals surface area contributed by atoms with Crippen molar-refractivity contribution in [3.05, 3.63) is 30.1 Å². The number of methoxy groups -OCH3 is 1. The highest BCUT2D eigenvalue weighted by molar-refractivity contribution is 5.79. The summed E-state index contributed by atoms with van der Waals surface area (Å²) in [6, 6.07) is 6.37. The van der Waals surface area contributed by atoms with Crippen LogP contribution in [0.4, 0.5) is 4.39 Å². The molecule has 23 heavy (non-hydrogen) atoms. The Morgan fingerprint density at radius 3 is 2.70 bits per heavy atom. The van der Waals surface area contributed by atoms with Gasteiger partial charge in [-0.2, -0.15) is 0 Å². The van der Waals surface area contributed by atoms with Gasteiger partial charge in [-0.1, -0.05) is 12.1 Å². The molecular formula is C17H25FN2O3. The molecule has 2 rings (SSSR count). The third-order valence-electron chi connectivity index (χ3n) is 4.15. The van der Waals surface area contributed by atoms with Gasteiger partial charge in [-0.3, -0.25) is 4.79 Å². The van der Waals surface area contributed by atoms with Crippen molar-refractivity contribution in [2.45, 2.75) is 25.3 Å². The Morgan fingerprint density at radius 2 is 2.04 bits per heavy atom. The molecule has 0 spiro atoms. The highest BCUT2D eigenvalue weighted by atomic mass is 19.1. The lowest BCUT2D eigenvalue weighted by Crippen LogP contribution is -2.40. The molecule has 1 saturated carbocycles. The van der Waals surface area contributed by atoms with Crippen LogP contribution in [0.3, 0.4) is 0 Å². The molecule has 1 aliphatic carbocycles. The number of ether oxygens (including phenoxy) is 2. The van der Waals surface area contributed by atoms with Crippen LogP contribution in [0, 0.1) is 11.7 Å². The summed E-state index contributed by atoms with van der Waals surface area (Å²) in [5.74, 6) is -0.124. The Kier molecular flexibility index (Phi) is 6.80. The first-order valence-electron chi connectivity index (χ1n) is 8.02. The molecule has 0 bridgehead atoms. The first-order chi connectivity index (χ1) is 11.1. The van der Waals surface area contributed by atoms with Crippen molar-refractivity contribution in [1.29, 1.82) is 0 Å². The van der Waals surface area contributed by atoms with Crippen molar-refractivity contribution in [3.63, 3.8) is 0 Å². The maximum Gasteiger partial charge on any atom is 0.225 e. The zero-order valence-corrected chi connectivity index (χ0v) is 13.5. The molecule has 0 saturated heterocycles. The summed E-state index contributed by atoms with van der Waals surface area (Å²) in [6.07, 6.45) is 2.45. The molecule has 128 valence electrons. The van der Waals surface area contributed by atoms with Gasteiger partial charge in [0.05, 0.1) is 13.2 Å². The van der Waals surface area contributed by atoms with Gasteiger partial charge >= 0.3 is 0 Å². The first-order valence-corrected chi connectivity index (χ1v) is 8.02. The van der Waals surface area contributed by atoms with Crippen molar-refractivity contribution < 1.29 is 18.7 Å². The molecule has 1 amide bonds. The molecule has 0 aliphatic heterocycles. The maximum absolute atomic E-state index is 13.5. The van der Waals surface area contributed by atoms with E-state index in [4.69, 9.17) is 15.2 Å². The lowest BCUT2D eigenvalue weighted by Gasteiger charge is -2.25. The smallest absolute Gasteiger partial charge is 0.225 e. The van der Waals surface area contributed by atoms with E-state index in [0.29, 0.717) is 19.7 Å². The third kappa shape index (κ3) is 5.18. The summed E-state index contributed by atoms with van der Waals surface area (Å²) < 4.78 is 24.0. The Balaban J connectivity index is 1.87. The number of amides is 1. The van der Waals surface area contributed by atoms with Crippen LogP contribution in [-0.4, -0.2) is 50.3 Å². The molecule has 1 aromatic carbocycles. The third-order valence-corrected chi connectivity index (χ3v) is 4.15. The minimum absolute atomic E-state index is 0.0182. The van der Waals surface area contributed by atoms with Crippen LogP contribution in [0.1, 0.15) is 19.3 Å². The zero-order chi connectivity index (χ0) is 16.7. The van der Waals surface area contributed by atoms with Gasteiger partial charge < -0.3 is 20.1 Å². The molecule has 1 fully saturated rings. The number of nitrogens with two attached hydrogens (primary N) is 1. The highest BCUT2D eigenvalue weighted by Gasteiger charge is 2.30. The van der Waals surface area contributed by atoms with Gasteiger partial charge in [-0.15, -0.1) is 0 Å². The summed E-state index contributed by atoms with van der Waals surface area (Å²) in [6.45, 7) is 1.61. The van der Waals surface area contributed by atoms with Crippen molar-refractivity contribution >= 4 is 5.91 Å². The predicted octanol–water partition coefficient (Wildman–Crippen LogP) is 1.81. The second-order valence-corrected chi connectivity index (χ2v) is 5.87. The zero-order valence-electron chi connectivity index (χ0n) is 13.5. The van der Waals surface area contributed by atoms with E-state index >= 15 is 0 Å². The predicted molar refractivity (Wildman–Crippen MR) is 85.7 cm³/mol. The van der Waals surface area contributed by atoms with Gasteiger partial charge in [-0.05, 0) is 31.4 Å². The van der Waals surface area contributed by atoms with E-state index in [9.17, 15) is 9.18 Å². The Bertz CT molecular complexity index is 512. The number of hydrogen-bond acceptors (Lipinski definition) is 4. The van der Waals surface area contributed by atoms with Crippen LogP contribution in [-0.2, 0) is 9.53 Å². The molecule has 0 radical (unpaired) electrons. The van der Waals surface area contributed by atoms with E-state index in [1.807, 2.05) is 0 Å². The number of carbonyl (C=O) groups is 1.